The van der Waals surface area contributed by atoms with Gasteiger partial charge < -0.3 is 15.0 Å². The van der Waals surface area contributed by atoms with E-state index < -0.39 is 0 Å². The number of amides is 1. The highest BCUT2D eigenvalue weighted by molar-refractivity contribution is 6.30. The minimum atomic E-state index is 0.0709. The van der Waals surface area contributed by atoms with E-state index in [-0.39, 0.29) is 5.91 Å². The number of benzene rings is 3. The van der Waals surface area contributed by atoms with E-state index in [1.165, 1.54) is 0 Å². The van der Waals surface area contributed by atoms with Gasteiger partial charge in [-0.3, -0.25) is 4.79 Å². The predicted molar refractivity (Wildman–Crippen MR) is 115 cm³/mol. The monoisotopic (exact) mass is 394 g/mol. The van der Waals surface area contributed by atoms with Crippen molar-refractivity contribution in [3.8, 4) is 5.75 Å². The number of ether oxygens (including phenoxy) is 1. The van der Waals surface area contributed by atoms with E-state index >= 15 is 0 Å². The summed E-state index contributed by atoms with van der Waals surface area (Å²) < 4.78 is 5.78. The van der Waals surface area contributed by atoms with Crippen molar-refractivity contribution in [3.63, 3.8) is 0 Å². The fourth-order valence-electron chi connectivity index (χ4n) is 2.69. The molecule has 3 aromatic carbocycles. The molecule has 4 nitrogen and oxygen atoms in total. The van der Waals surface area contributed by atoms with Crippen LogP contribution in [0.5, 0.6) is 5.75 Å². The van der Waals surface area contributed by atoms with Gasteiger partial charge in [-0.05, 0) is 54.1 Å². The lowest BCUT2D eigenvalue weighted by atomic mass is 10.2. The zero-order chi connectivity index (χ0) is 19.8. The standard InChI is InChI=1S/C23H23ClN2O2/c1-26(21-5-3-2-4-6-21)23(27)15-16-25-20-11-13-22(14-12-20)28-17-18-7-9-19(24)10-8-18/h2-14,25H,15-17H2,1H3. The Kier molecular flexibility index (Phi) is 6.93. The van der Waals surface area contributed by atoms with Crippen LogP contribution >= 0.6 is 11.6 Å². The fraction of sp³-hybridized carbons (Fsp3) is 0.174. The SMILES string of the molecule is CN(C(=O)CCNc1ccc(OCc2ccc(Cl)cc2)cc1)c1ccccc1. The Labute approximate surface area is 170 Å². The number of halogens is 1. The quantitative estimate of drug-likeness (QED) is 0.557. The molecule has 0 bridgehead atoms. The second kappa shape index (κ2) is 9.81. The van der Waals surface area contributed by atoms with Gasteiger partial charge in [-0.25, -0.2) is 0 Å². The molecule has 1 N–H and O–H groups in total. The van der Waals surface area contributed by atoms with Gasteiger partial charge in [0.1, 0.15) is 12.4 Å². The molecule has 0 aliphatic carbocycles. The number of anilines is 2. The summed E-state index contributed by atoms with van der Waals surface area (Å²) >= 11 is 5.88. The van der Waals surface area contributed by atoms with Crippen molar-refractivity contribution >= 4 is 28.9 Å². The van der Waals surface area contributed by atoms with Gasteiger partial charge in [0.2, 0.25) is 5.91 Å². The van der Waals surface area contributed by atoms with Crippen molar-refractivity contribution in [1.29, 1.82) is 0 Å². The fourth-order valence-corrected chi connectivity index (χ4v) is 2.82. The minimum Gasteiger partial charge on any atom is -0.489 e. The topological polar surface area (TPSA) is 41.6 Å². The average molecular weight is 395 g/mol. The van der Waals surface area contributed by atoms with Gasteiger partial charge in [-0.2, -0.15) is 0 Å². The van der Waals surface area contributed by atoms with Gasteiger partial charge in [0.25, 0.3) is 0 Å². The molecule has 144 valence electrons. The molecule has 0 aromatic heterocycles. The molecular weight excluding hydrogens is 372 g/mol. The predicted octanol–water partition coefficient (Wildman–Crippen LogP) is 5.38. The zero-order valence-corrected chi connectivity index (χ0v) is 16.5. The Morgan fingerprint density at radius 3 is 2.32 bits per heavy atom. The van der Waals surface area contributed by atoms with Gasteiger partial charge in [0.05, 0.1) is 0 Å². The van der Waals surface area contributed by atoms with Crippen LogP contribution < -0.4 is 15.0 Å². The first-order valence-electron chi connectivity index (χ1n) is 9.14. The molecule has 0 saturated heterocycles. The Bertz CT molecular complexity index is 881. The molecule has 0 fully saturated rings. The molecule has 0 spiro atoms. The maximum absolute atomic E-state index is 12.3. The molecule has 0 unspecified atom stereocenters. The molecule has 5 heteroatoms. The second-order valence-corrected chi connectivity index (χ2v) is 6.84. The van der Waals surface area contributed by atoms with E-state index in [1.54, 1.807) is 11.9 Å². The molecule has 0 radical (unpaired) electrons. The highest BCUT2D eigenvalue weighted by Crippen LogP contribution is 2.18. The molecule has 0 saturated carbocycles. The number of carbonyl (C=O) groups is 1. The summed E-state index contributed by atoms with van der Waals surface area (Å²) in [7, 11) is 1.80. The lowest BCUT2D eigenvalue weighted by molar-refractivity contribution is -0.118. The third kappa shape index (κ3) is 5.76. The molecule has 0 atom stereocenters. The highest BCUT2D eigenvalue weighted by Gasteiger charge is 2.09. The molecule has 0 aliphatic heterocycles. The van der Waals surface area contributed by atoms with Crippen molar-refractivity contribution in [2.45, 2.75) is 13.0 Å². The Hall–Kier alpha value is -2.98. The first-order chi connectivity index (χ1) is 13.6. The van der Waals surface area contributed by atoms with Gasteiger partial charge in [-0.15, -0.1) is 0 Å². The van der Waals surface area contributed by atoms with Crippen LogP contribution in [0.3, 0.4) is 0 Å². The second-order valence-electron chi connectivity index (χ2n) is 6.40. The molecule has 3 rings (SSSR count). The molecule has 0 aliphatic rings. The van der Waals surface area contributed by atoms with E-state index in [0.717, 1.165) is 22.7 Å². The van der Waals surface area contributed by atoms with Crippen molar-refractivity contribution < 1.29 is 9.53 Å². The minimum absolute atomic E-state index is 0.0709. The number of hydrogen-bond acceptors (Lipinski definition) is 3. The molecule has 3 aromatic rings. The molecule has 1 amide bonds. The maximum Gasteiger partial charge on any atom is 0.228 e. The van der Waals surface area contributed by atoms with Crippen molar-refractivity contribution in [1.82, 2.24) is 0 Å². The Morgan fingerprint density at radius 2 is 1.64 bits per heavy atom. The van der Waals surface area contributed by atoms with Gasteiger partial charge in [0, 0.05) is 36.4 Å². The van der Waals surface area contributed by atoms with E-state index in [9.17, 15) is 4.79 Å². The lowest BCUT2D eigenvalue weighted by Crippen LogP contribution is -2.27. The smallest absolute Gasteiger partial charge is 0.228 e. The number of hydrogen-bond donors (Lipinski definition) is 1. The first kappa shape index (κ1) is 19.8. The van der Waals surface area contributed by atoms with Gasteiger partial charge in [0.15, 0.2) is 0 Å². The van der Waals surface area contributed by atoms with Crippen LogP contribution in [0.2, 0.25) is 5.02 Å². The van der Waals surface area contributed by atoms with Gasteiger partial charge in [-0.1, -0.05) is 41.9 Å². The number of carbonyl (C=O) groups excluding carboxylic acids is 1. The highest BCUT2D eigenvalue weighted by atomic mass is 35.5. The van der Waals surface area contributed by atoms with Crippen molar-refractivity contribution in [2.75, 3.05) is 23.8 Å². The van der Waals surface area contributed by atoms with Crippen molar-refractivity contribution in [3.05, 3.63) is 89.4 Å². The summed E-state index contributed by atoms with van der Waals surface area (Å²) in [6.07, 6.45) is 0.417. The van der Waals surface area contributed by atoms with Crippen LogP contribution in [0.1, 0.15) is 12.0 Å². The van der Waals surface area contributed by atoms with Crippen LogP contribution in [-0.2, 0) is 11.4 Å². The normalized spacial score (nSPS) is 10.4. The van der Waals surface area contributed by atoms with Crippen LogP contribution in [0.25, 0.3) is 0 Å². The van der Waals surface area contributed by atoms with Crippen LogP contribution in [-0.4, -0.2) is 19.5 Å². The van der Waals surface area contributed by atoms with Crippen LogP contribution in [0.15, 0.2) is 78.9 Å². The third-order valence-corrected chi connectivity index (χ3v) is 4.61. The Balaban J connectivity index is 1.43. The van der Waals surface area contributed by atoms with Crippen molar-refractivity contribution in [2.24, 2.45) is 0 Å². The zero-order valence-electron chi connectivity index (χ0n) is 15.8. The van der Waals surface area contributed by atoms with E-state index in [0.29, 0.717) is 24.6 Å². The molecular formula is C23H23ClN2O2. The summed E-state index contributed by atoms with van der Waals surface area (Å²) in [5, 5.41) is 3.99. The number of nitrogens with zero attached hydrogens (tertiary/aromatic N) is 1. The summed E-state index contributed by atoms with van der Waals surface area (Å²) in [5.74, 6) is 0.863. The molecule has 0 heterocycles. The number of nitrogens with one attached hydrogen (secondary N) is 1. The number of rotatable bonds is 8. The number of para-hydroxylation sites is 1. The Morgan fingerprint density at radius 1 is 0.964 bits per heavy atom. The molecule has 28 heavy (non-hydrogen) atoms. The third-order valence-electron chi connectivity index (χ3n) is 4.36. The van der Waals surface area contributed by atoms with E-state index in [2.05, 4.69) is 5.32 Å². The average Bonchev–Trinajstić information content (AvgIpc) is 2.74. The lowest BCUT2D eigenvalue weighted by Gasteiger charge is -2.17. The summed E-state index contributed by atoms with van der Waals surface area (Å²) in [6.45, 7) is 1.06. The largest absolute Gasteiger partial charge is 0.489 e. The van der Waals surface area contributed by atoms with Crippen LogP contribution in [0, 0.1) is 0 Å². The van der Waals surface area contributed by atoms with E-state index in [4.69, 9.17) is 16.3 Å². The summed E-state index contributed by atoms with van der Waals surface area (Å²) in [6, 6.07) is 24.9. The van der Waals surface area contributed by atoms with Crippen LogP contribution in [0.4, 0.5) is 11.4 Å². The first-order valence-corrected chi connectivity index (χ1v) is 9.52. The van der Waals surface area contributed by atoms with Gasteiger partial charge >= 0.3 is 0 Å². The summed E-state index contributed by atoms with van der Waals surface area (Å²) in [5.41, 5.74) is 2.91. The van der Waals surface area contributed by atoms with E-state index in [1.807, 2.05) is 78.9 Å². The maximum atomic E-state index is 12.3. The summed E-state index contributed by atoms with van der Waals surface area (Å²) in [4.78, 5) is 14.0.